The fourth-order valence-electron chi connectivity index (χ4n) is 1.90. The van der Waals surface area contributed by atoms with E-state index in [9.17, 15) is 4.79 Å². The predicted octanol–water partition coefficient (Wildman–Crippen LogP) is 2.22. The zero-order valence-corrected chi connectivity index (χ0v) is 11.7. The van der Waals surface area contributed by atoms with E-state index < -0.39 is 0 Å². The van der Waals surface area contributed by atoms with Crippen LogP contribution in [0.1, 0.15) is 19.8 Å². The van der Waals surface area contributed by atoms with E-state index >= 15 is 0 Å². The minimum absolute atomic E-state index is 0.0943. The van der Waals surface area contributed by atoms with Gasteiger partial charge < -0.3 is 14.8 Å². The van der Waals surface area contributed by atoms with E-state index in [1.807, 2.05) is 25.1 Å². The van der Waals surface area contributed by atoms with Gasteiger partial charge in [0.1, 0.15) is 13.2 Å². The number of thioether (sulfide) groups is 1. The topological polar surface area (TPSA) is 47.6 Å². The highest BCUT2D eigenvalue weighted by Gasteiger charge is 2.26. The molecule has 5 heteroatoms. The van der Waals surface area contributed by atoms with E-state index in [4.69, 9.17) is 9.47 Å². The summed E-state index contributed by atoms with van der Waals surface area (Å²) in [5.74, 6) is 1.67. The third-order valence-corrected chi connectivity index (χ3v) is 4.21. The Morgan fingerprint density at radius 1 is 1.32 bits per heavy atom. The van der Waals surface area contributed by atoms with Gasteiger partial charge in [0.15, 0.2) is 11.5 Å². The molecule has 19 heavy (non-hydrogen) atoms. The quantitative estimate of drug-likeness (QED) is 0.859. The molecule has 1 aromatic rings. The highest BCUT2D eigenvalue weighted by atomic mass is 32.2. The van der Waals surface area contributed by atoms with Crippen molar-refractivity contribution in [2.45, 2.75) is 36.0 Å². The van der Waals surface area contributed by atoms with Gasteiger partial charge in [-0.05, 0) is 38.0 Å². The molecular formula is C14H17NO3S. The second kappa shape index (κ2) is 5.33. The molecule has 0 radical (unpaired) electrons. The number of benzene rings is 1. The SMILES string of the molecule is C[C@@H](Sc1ccc2c(c1)OCCO2)C(=O)NC1CC1. The Bertz CT molecular complexity index is 488. The lowest BCUT2D eigenvalue weighted by Gasteiger charge is -2.19. The normalized spacial score (nSPS) is 18.8. The van der Waals surface area contributed by atoms with Gasteiger partial charge >= 0.3 is 0 Å². The van der Waals surface area contributed by atoms with E-state index in [1.54, 1.807) is 11.8 Å². The molecule has 1 atom stereocenters. The summed E-state index contributed by atoms with van der Waals surface area (Å²) < 4.78 is 11.0. The van der Waals surface area contributed by atoms with Crippen LogP contribution in [0.4, 0.5) is 0 Å². The molecule has 1 fully saturated rings. The van der Waals surface area contributed by atoms with Gasteiger partial charge in [0.05, 0.1) is 5.25 Å². The lowest BCUT2D eigenvalue weighted by molar-refractivity contribution is -0.120. The van der Waals surface area contributed by atoms with Crippen molar-refractivity contribution >= 4 is 17.7 Å². The average molecular weight is 279 g/mol. The molecule has 1 N–H and O–H groups in total. The number of rotatable bonds is 4. The number of carbonyl (C=O) groups is 1. The van der Waals surface area contributed by atoms with Gasteiger partial charge in [-0.25, -0.2) is 0 Å². The monoisotopic (exact) mass is 279 g/mol. The standard InChI is InChI=1S/C14H17NO3S/c1-9(14(16)15-10-2-3-10)19-11-4-5-12-13(8-11)18-7-6-17-12/h4-5,8-10H,2-3,6-7H2,1H3,(H,15,16)/t9-/m1/s1. The Labute approximate surface area is 116 Å². The fraction of sp³-hybridized carbons (Fsp3) is 0.500. The molecule has 1 heterocycles. The van der Waals surface area contributed by atoms with E-state index in [1.165, 1.54) is 0 Å². The van der Waals surface area contributed by atoms with Gasteiger partial charge in [-0.1, -0.05) is 0 Å². The average Bonchev–Trinajstić information content (AvgIpc) is 3.22. The molecule has 1 aliphatic heterocycles. The molecule has 0 unspecified atom stereocenters. The highest BCUT2D eigenvalue weighted by molar-refractivity contribution is 8.00. The van der Waals surface area contributed by atoms with Crippen LogP contribution >= 0.6 is 11.8 Å². The maximum absolute atomic E-state index is 11.9. The zero-order chi connectivity index (χ0) is 13.2. The van der Waals surface area contributed by atoms with Crippen molar-refractivity contribution in [2.75, 3.05) is 13.2 Å². The van der Waals surface area contributed by atoms with Crippen molar-refractivity contribution < 1.29 is 14.3 Å². The number of fused-ring (bicyclic) bond motifs is 1. The van der Waals surface area contributed by atoms with Gasteiger partial charge in [-0.15, -0.1) is 11.8 Å². The van der Waals surface area contributed by atoms with Crippen LogP contribution in [-0.4, -0.2) is 30.4 Å². The molecule has 1 saturated carbocycles. The lowest BCUT2D eigenvalue weighted by atomic mass is 10.3. The number of hydrogen-bond donors (Lipinski definition) is 1. The van der Waals surface area contributed by atoms with Crippen LogP contribution in [0.5, 0.6) is 11.5 Å². The summed E-state index contributed by atoms with van der Waals surface area (Å²) in [4.78, 5) is 12.9. The van der Waals surface area contributed by atoms with E-state index in [-0.39, 0.29) is 11.2 Å². The van der Waals surface area contributed by atoms with Crippen LogP contribution in [0, 0.1) is 0 Å². The number of nitrogens with one attached hydrogen (secondary N) is 1. The van der Waals surface area contributed by atoms with Crippen LogP contribution in [0.3, 0.4) is 0 Å². The predicted molar refractivity (Wildman–Crippen MR) is 73.9 cm³/mol. The largest absolute Gasteiger partial charge is 0.486 e. The van der Waals surface area contributed by atoms with Crippen LogP contribution in [0.2, 0.25) is 0 Å². The summed E-state index contributed by atoms with van der Waals surface area (Å²) in [6.07, 6.45) is 2.24. The molecule has 0 saturated heterocycles. The fourth-order valence-corrected chi connectivity index (χ4v) is 2.81. The summed E-state index contributed by atoms with van der Waals surface area (Å²) >= 11 is 1.55. The van der Waals surface area contributed by atoms with Crippen LogP contribution in [-0.2, 0) is 4.79 Å². The maximum atomic E-state index is 11.9. The number of carbonyl (C=O) groups excluding carboxylic acids is 1. The molecule has 3 rings (SSSR count). The molecule has 1 aromatic carbocycles. The first kappa shape index (κ1) is 12.7. The smallest absolute Gasteiger partial charge is 0.233 e. The molecule has 1 amide bonds. The minimum Gasteiger partial charge on any atom is -0.486 e. The molecule has 0 bridgehead atoms. The highest BCUT2D eigenvalue weighted by Crippen LogP contribution is 2.35. The first-order chi connectivity index (χ1) is 9.22. The van der Waals surface area contributed by atoms with Crippen molar-refractivity contribution in [1.29, 1.82) is 0 Å². The van der Waals surface area contributed by atoms with Crippen LogP contribution in [0.15, 0.2) is 23.1 Å². The van der Waals surface area contributed by atoms with E-state index in [0.29, 0.717) is 19.3 Å². The summed E-state index contributed by atoms with van der Waals surface area (Å²) in [6.45, 7) is 3.11. The summed E-state index contributed by atoms with van der Waals surface area (Å²) in [5, 5.41) is 2.93. The third kappa shape index (κ3) is 3.15. The Morgan fingerprint density at radius 2 is 2.05 bits per heavy atom. The van der Waals surface area contributed by atoms with Crippen molar-refractivity contribution in [2.24, 2.45) is 0 Å². The number of amides is 1. The molecular weight excluding hydrogens is 262 g/mol. The first-order valence-electron chi connectivity index (χ1n) is 6.59. The maximum Gasteiger partial charge on any atom is 0.233 e. The number of hydrogen-bond acceptors (Lipinski definition) is 4. The molecule has 4 nitrogen and oxygen atoms in total. The van der Waals surface area contributed by atoms with Crippen molar-refractivity contribution in [3.05, 3.63) is 18.2 Å². The minimum atomic E-state index is -0.0943. The lowest BCUT2D eigenvalue weighted by Crippen LogP contribution is -2.32. The third-order valence-electron chi connectivity index (χ3n) is 3.12. The molecule has 102 valence electrons. The van der Waals surface area contributed by atoms with Crippen LogP contribution < -0.4 is 14.8 Å². The summed E-state index contributed by atoms with van der Waals surface area (Å²) in [7, 11) is 0. The van der Waals surface area contributed by atoms with E-state index in [2.05, 4.69) is 5.32 Å². The second-order valence-electron chi connectivity index (χ2n) is 4.85. The Morgan fingerprint density at radius 3 is 2.79 bits per heavy atom. The van der Waals surface area contributed by atoms with Gasteiger partial charge in [-0.3, -0.25) is 4.79 Å². The van der Waals surface area contributed by atoms with Gasteiger partial charge in [0, 0.05) is 10.9 Å². The van der Waals surface area contributed by atoms with Crippen molar-refractivity contribution in [1.82, 2.24) is 5.32 Å². The Hall–Kier alpha value is -1.36. The zero-order valence-electron chi connectivity index (χ0n) is 10.8. The molecule has 1 aliphatic carbocycles. The summed E-state index contributed by atoms with van der Waals surface area (Å²) in [5.41, 5.74) is 0. The molecule has 2 aliphatic rings. The Balaban J connectivity index is 1.63. The molecule has 0 spiro atoms. The van der Waals surface area contributed by atoms with Gasteiger partial charge in [-0.2, -0.15) is 0 Å². The van der Waals surface area contributed by atoms with Crippen LogP contribution in [0.25, 0.3) is 0 Å². The van der Waals surface area contributed by atoms with Gasteiger partial charge in [0.25, 0.3) is 0 Å². The Kier molecular flexibility index (Phi) is 3.55. The van der Waals surface area contributed by atoms with Gasteiger partial charge in [0.2, 0.25) is 5.91 Å². The van der Waals surface area contributed by atoms with E-state index in [0.717, 1.165) is 29.2 Å². The van der Waals surface area contributed by atoms with Crippen molar-refractivity contribution in [3.63, 3.8) is 0 Å². The van der Waals surface area contributed by atoms with Crippen molar-refractivity contribution in [3.8, 4) is 11.5 Å². The summed E-state index contributed by atoms with van der Waals surface area (Å²) in [6, 6.07) is 6.23. The number of ether oxygens (including phenoxy) is 2. The molecule has 0 aromatic heterocycles. The second-order valence-corrected chi connectivity index (χ2v) is 6.26. The first-order valence-corrected chi connectivity index (χ1v) is 7.47.